The summed E-state index contributed by atoms with van der Waals surface area (Å²) in [5.74, 6) is -0.515. The molecule has 0 aliphatic rings. The van der Waals surface area contributed by atoms with Gasteiger partial charge in [-0.05, 0) is 18.2 Å². The van der Waals surface area contributed by atoms with Crippen molar-refractivity contribution >= 4 is 34.4 Å². The van der Waals surface area contributed by atoms with Crippen LogP contribution in [0.25, 0.3) is 0 Å². The van der Waals surface area contributed by atoms with Crippen molar-refractivity contribution in [3.8, 4) is 5.75 Å². The van der Waals surface area contributed by atoms with E-state index >= 15 is 0 Å². The largest absolute Gasteiger partial charge is 0.508 e. The predicted molar refractivity (Wildman–Crippen MR) is 56.9 cm³/mol. The molecule has 1 atom stereocenters. The molecule has 0 heterocycles. The monoisotopic (exact) mass is 273 g/mol. The summed E-state index contributed by atoms with van der Waals surface area (Å²) in [5.41, 5.74) is -1.09. The van der Waals surface area contributed by atoms with Gasteiger partial charge in [-0.15, -0.1) is 0 Å². The highest BCUT2D eigenvalue weighted by Crippen LogP contribution is 2.43. The van der Waals surface area contributed by atoms with Gasteiger partial charge in [-0.2, -0.15) is 13.2 Å². The molecular weight excluding hydrogens is 268 g/mol. The second-order valence-electron chi connectivity index (χ2n) is 2.54. The second-order valence-corrected chi connectivity index (χ2v) is 6.65. The summed E-state index contributed by atoms with van der Waals surface area (Å²) in [6.45, 7) is 0. The van der Waals surface area contributed by atoms with Gasteiger partial charge in [-0.1, -0.05) is 16.2 Å². The van der Waals surface area contributed by atoms with Crippen LogP contribution in [0.4, 0.5) is 13.2 Å². The zero-order chi connectivity index (χ0) is 11.6. The van der Waals surface area contributed by atoms with Crippen LogP contribution in [0.5, 0.6) is 5.75 Å². The van der Waals surface area contributed by atoms with Gasteiger partial charge in [0, 0.05) is 0 Å². The first-order valence-corrected chi connectivity index (χ1v) is 7.28. The van der Waals surface area contributed by atoms with Gasteiger partial charge in [-0.25, -0.2) is 0 Å². The van der Waals surface area contributed by atoms with E-state index in [1.54, 1.807) is 0 Å². The van der Waals surface area contributed by atoms with Gasteiger partial charge in [0.2, 0.25) is 5.30 Å². The van der Waals surface area contributed by atoms with E-state index in [4.69, 9.17) is 5.11 Å². The number of phenolic OH excluding ortho intramolecular Hbond substituents is 1. The van der Waals surface area contributed by atoms with Crippen molar-refractivity contribution in [1.82, 2.24) is 0 Å². The Morgan fingerprint density at radius 1 is 1.40 bits per heavy atom. The van der Waals surface area contributed by atoms with Crippen molar-refractivity contribution in [2.45, 2.75) is 6.18 Å². The van der Waals surface area contributed by atoms with Crippen molar-refractivity contribution in [2.75, 3.05) is 0 Å². The van der Waals surface area contributed by atoms with Crippen LogP contribution < -0.4 is 5.30 Å². The first-order chi connectivity index (χ1) is 6.86. The minimum absolute atomic E-state index is 0.365. The number of hydrogen-bond acceptors (Lipinski definition) is 4. The second kappa shape index (κ2) is 4.63. The van der Waals surface area contributed by atoms with Crippen LogP contribution in [0, 0.1) is 0 Å². The van der Waals surface area contributed by atoms with E-state index in [0.717, 1.165) is 12.1 Å². The summed E-state index contributed by atoms with van der Waals surface area (Å²) >= 11 is 3.60. The Labute approximate surface area is 93.2 Å². The molecular formula is C7H5F3O2PS2+. The molecule has 15 heavy (non-hydrogen) atoms. The van der Waals surface area contributed by atoms with Crippen molar-refractivity contribution < 1.29 is 22.8 Å². The molecule has 1 aromatic carbocycles. The molecule has 0 aromatic heterocycles. The maximum atomic E-state index is 12.5. The fourth-order valence-electron chi connectivity index (χ4n) is 0.954. The van der Waals surface area contributed by atoms with E-state index in [0.29, 0.717) is 16.5 Å². The van der Waals surface area contributed by atoms with Crippen molar-refractivity contribution in [1.29, 1.82) is 0 Å². The highest BCUT2D eigenvalue weighted by molar-refractivity contribution is 8.92. The van der Waals surface area contributed by atoms with Gasteiger partial charge < -0.3 is 5.11 Å². The Kier molecular flexibility index (Phi) is 3.92. The SMILES string of the molecule is O=[P+](SS)c1ccc(O)cc1C(F)(F)F. The molecule has 0 aliphatic heterocycles. The Balaban J connectivity index is 3.33. The molecule has 1 N–H and O–H groups in total. The van der Waals surface area contributed by atoms with Crippen molar-refractivity contribution in [3.05, 3.63) is 23.8 Å². The smallest absolute Gasteiger partial charge is 0.461 e. The Hall–Kier alpha value is -0.390. The van der Waals surface area contributed by atoms with Crippen LogP contribution in [0.2, 0.25) is 0 Å². The number of alkyl halides is 3. The molecule has 0 fully saturated rings. The molecule has 0 radical (unpaired) electrons. The lowest BCUT2D eigenvalue weighted by Gasteiger charge is -2.06. The molecule has 8 heteroatoms. The van der Waals surface area contributed by atoms with Gasteiger partial charge in [-0.3, -0.25) is 0 Å². The van der Waals surface area contributed by atoms with Crippen molar-refractivity contribution in [2.24, 2.45) is 0 Å². The molecule has 0 spiro atoms. The minimum atomic E-state index is -4.64. The number of phenols is 1. The Morgan fingerprint density at radius 3 is 2.47 bits per heavy atom. The van der Waals surface area contributed by atoms with Crippen molar-refractivity contribution in [3.63, 3.8) is 0 Å². The number of rotatable bonds is 2. The summed E-state index contributed by atoms with van der Waals surface area (Å²) in [7, 11) is -1.74. The third-order valence-corrected chi connectivity index (χ3v) is 4.86. The molecule has 0 amide bonds. The average Bonchev–Trinajstić information content (AvgIpc) is 2.15. The zero-order valence-electron chi connectivity index (χ0n) is 7.02. The van der Waals surface area contributed by atoms with Crippen LogP contribution >= 0.6 is 29.1 Å². The van der Waals surface area contributed by atoms with E-state index in [-0.39, 0.29) is 5.30 Å². The van der Waals surface area contributed by atoms with E-state index in [1.165, 1.54) is 0 Å². The number of aromatic hydroxyl groups is 1. The fraction of sp³-hybridized carbons (Fsp3) is 0.143. The van der Waals surface area contributed by atoms with Gasteiger partial charge in [0.05, 0.1) is 0 Å². The molecule has 82 valence electrons. The predicted octanol–water partition coefficient (Wildman–Crippen LogP) is 3.36. The maximum Gasteiger partial charge on any atom is 0.461 e. The quantitative estimate of drug-likeness (QED) is 0.493. The van der Waals surface area contributed by atoms with Gasteiger partial charge in [0.1, 0.15) is 11.3 Å². The number of hydrogen-bond donors (Lipinski definition) is 2. The van der Waals surface area contributed by atoms with E-state index < -0.39 is 24.5 Å². The van der Waals surface area contributed by atoms with Crippen LogP contribution in [0.3, 0.4) is 0 Å². The molecule has 1 unspecified atom stereocenters. The fourth-order valence-corrected chi connectivity index (χ4v) is 3.16. The molecule has 2 nitrogen and oxygen atoms in total. The Morgan fingerprint density at radius 2 is 2.00 bits per heavy atom. The molecule has 1 rings (SSSR count). The lowest BCUT2D eigenvalue weighted by molar-refractivity contribution is -0.136. The first kappa shape index (κ1) is 12.7. The highest BCUT2D eigenvalue weighted by Gasteiger charge is 2.40. The van der Waals surface area contributed by atoms with Crippen LogP contribution in [-0.4, -0.2) is 5.11 Å². The summed E-state index contributed by atoms with van der Waals surface area (Å²) in [5, 5.41) is 8.57. The zero-order valence-corrected chi connectivity index (χ0v) is 9.63. The number of benzene rings is 1. The summed E-state index contributed by atoms with van der Waals surface area (Å²) in [6, 6.07) is 2.59. The highest BCUT2D eigenvalue weighted by atomic mass is 33.3. The first-order valence-electron chi connectivity index (χ1n) is 3.55. The number of thiol groups is 1. The number of halogens is 3. The topological polar surface area (TPSA) is 37.3 Å². The summed E-state index contributed by atoms with van der Waals surface area (Å²) in [6.07, 6.45) is -4.64. The lowest BCUT2D eigenvalue weighted by Crippen LogP contribution is -2.15. The Bertz CT molecular complexity index is 394. The van der Waals surface area contributed by atoms with Crippen LogP contribution in [0.1, 0.15) is 5.56 Å². The standard InChI is InChI=1S/C7H4F3O2PS2/c8-7(9,10)5-3-4(11)1-2-6(5)13(12)15-14/h1-3H,(H-,11,14)/p+1. The van der Waals surface area contributed by atoms with Gasteiger partial charge in [0.25, 0.3) is 0 Å². The van der Waals surface area contributed by atoms with Gasteiger partial charge in [0.15, 0.2) is 10.4 Å². The molecule has 0 aliphatic carbocycles. The third kappa shape index (κ3) is 3.03. The lowest BCUT2D eigenvalue weighted by atomic mass is 10.2. The third-order valence-electron chi connectivity index (χ3n) is 1.56. The van der Waals surface area contributed by atoms with Crippen LogP contribution in [-0.2, 0) is 10.7 Å². The molecule has 0 bridgehead atoms. The minimum Gasteiger partial charge on any atom is -0.508 e. The van der Waals surface area contributed by atoms with Gasteiger partial charge >= 0.3 is 13.2 Å². The average molecular weight is 273 g/mol. The van der Waals surface area contributed by atoms with E-state index in [2.05, 4.69) is 11.7 Å². The maximum absolute atomic E-state index is 12.5. The van der Waals surface area contributed by atoms with Crippen LogP contribution in [0.15, 0.2) is 18.2 Å². The van der Waals surface area contributed by atoms with E-state index in [9.17, 15) is 17.7 Å². The molecule has 0 saturated heterocycles. The molecule has 1 aromatic rings. The normalized spacial score (nSPS) is 12.7. The van der Waals surface area contributed by atoms with E-state index in [1.807, 2.05) is 0 Å². The summed E-state index contributed by atoms with van der Waals surface area (Å²) in [4.78, 5) is 0. The molecule has 0 saturated carbocycles. The summed E-state index contributed by atoms with van der Waals surface area (Å²) < 4.78 is 48.6.